The summed E-state index contributed by atoms with van der Waals surface area (Å²) in [5.74, 6) is -1.69. The normalized spacial score (nSPS) is 19.7. The van der Waals surface area contributed by atoms with Gasteiger partial charge >= 0.3 is 0 Å². The maximum absolute atomic E-state index is 11.0. The van der Waals surface area contributed by atoms with Crippen LogP contribution in [0, 0.1) is 5.92 Å². The minimum absolute atomic E-state index is 0.639. The number of aliphatic carboxylic acids is 1. The van der Waals surface area contributed by atoms with Crippen LogP contribution in [0.15, 0.2) is 59.8 Å². The van der Waals surface area contributed by atoms with Crippen LogP contribution in [0.1, 0.15) is 0 Å². The molecule has 0 heterocycles. The molecule has 70 valence electrons. The third-order valence-electron chi connectivity index (χ3n) is 2.28. The lowest BCUT2D eigenvalue weighted by atomic mass is 9.92. The summed E-state index contributed by atoms with van der Waals surface area (Å²) in [7, 11) is 0. The fraction of sp³-hybridized carbons (Fsp3) is 0.0833. The SMILES string of the molecule is O=C([O-])C1C2=CC=CC=C1C=CC=C2. The minimum Gasteiger partial charge on any atom is -0.549 e. The lowest BCUT2D eigenvalue weighted by molar-refractivity contribution is -0.308. The van der Waals surface area contributed by atoms with Crippen molar-refractivity contribution in [2.45, 2.75) is 0 Å². The van der Waals surface area contributed by atoms with E-state index < -0.39 is 11.9 Å². The second kappa shape index (κ2) is 3.50. The third-order valence-corrected chi connectivity index (χ3v) is 2.28. The summed E-state index contributed by atoms with van der Waals surface area (Å²) in [6.45, 7) is 0. The summed E-state index contributed by atoms with van der Waals surface area (Å²) < 4.78 is 0. The van der Waals surface area contributed by atoms with Gasteiger partial charge in [-0.15, -0.1) is 0 Å². The predicted molar refractivity (Wildman–Crippen MR) is 52.1 cm³/mol. The Morgan fingerprint density at radius 2 is 1.50 bits per heavy atom. The number of hydrogen-bond donors (Lipinski definition) is 0. The van der Waals surface area contributed by atoms with Gasteiger partial charge in [0.15, 0.2) is 0 Å². The number of carboxylic acid groups (broad SMARTS) is 1. The molecule has 2 aliphatic rings. The molecular formula is C12H9O2-. The maximum Gasteiger partial charge on any atom is 0.0533 e. The van der Waals surface area contributed by atoms with Crippen LogP contribution in [0.4, 0.5) is 0 Å². The lowest BCUT2D eigenvalue weighted by Gasteiger charge is -2.18. The van der Waals surface area contributed by atoms with E-state index in [1.165, 1.54) is 0 Å². The number of carboxylic acids is 1. The van der Waals surface area contributed by atoms with E-state index in [1.807, 2.05) is 24.3 Å². The zero-order chi connectivity index (χ0) is 9.97. The zero-order valence-corrected chi connectivity index (χ0v) is 7.51. The molecular weight excluding hydrogens is 176 g/mol. The number of carbonyl (C=O) groups excluding carboxylic acids is 1. The highest BCUT2D eigenvalue weighted by Crippen LogP contribution is 2.26. The highest BCUT2D eigenvalue weighted by atomic mass is 16.4. The quantitative estimate of drug-likeness (QED) is 0.609. The van der Waals surface area contributed by atoms with Gasteiger partial charge in [0, 0.05) is 5.92 Å². The van der Waals surface area contributed by atoms with Crippen molar-refractivity contribution < 1.29 is 9.90 Å². The van der Waals surface area contributed by atoms with E-state index in [0.717, 1.165) is 11.1 Å². The molecule has 0 saturated heterocycles. The number of carbonyl (C=O) groups is 1. The van der Waals surface area contributed by atoms with Crippen LogP contribution in [0.25, 0.3) is 0 Å². The van der Waals surface area contributed by atoms with Crippen LogP contribution in [0.5, 0.6) is 0 Å². The summed E-state index contributed by atoms with van der Waals surface area (Å²) in [5.41, 5.74) is 1.52. The van der Waals surface area contributed by atoms with Crippen LogP contribution in [-0.2, 0) is 4.79 Å². The van der Waals surface area contributed by atoms with Gasteiger partial charge in [0.1, 0.15) is 0 Å². The Morgan fingerprint density at radius 1 is 1.00 bits per heavy atom. The zero-order valence-electron chi connectivity index (χ0n) is 7.51. The highest BCUT2D eigenvalue weighted by Gasteiger charge is 2.18. The van der Waals surface area contributed by atoms with Crippen LogP contribution in [0.3, 0.4) is 0 Å². The smallest absolute Gasteiger partial charge is 0.0533 e. The minimum atomic E-state index is -1.05. The van der Waals surface area contributed by atoms with E-state index in [9.17, 15) is 9.90 Å². The molecule has 2 bridgehead atoms. The Kier molecular flexibility index (Phi) is 2.19. The molecule has 2 heteroatoms. The molecule has 0 fully saturated rings. The van der Waals surface area contributed by atoms with Crippen molar-refractivity contribution in [3.05, 3.63) is 59.8 Å². The van der Waals surface area contributed by atoms with Gasteiger partial charge < -0.3 is 9.90 Å². The largest absolute Gasteiger partial charge is 0.549 e. The van der Waals surface area contributed by atoms with Gasteiger partial charge in [-0.05, 0) is 11.1 Å². The Morgan fingerprint density at radius 3 is 1.93 bits per heavy atom. The summed E-state index contributed by atoms with van der Waals surface area (Å²) in [6, 6.07) is 0. The third kappa shape index (κ3) is 1.46. The van der Waals surface area contributed by atoms with E-state index in [2.05, 4.69) is 0 Å². The molecule has 0 atom stereocenters. The molecule has 2 aliphatic carbocycles. The van der Waals surface area contributed by atoms with Crippen LogP contribution < -0.4 is 5.11 Å². The van der Waals surface area contributed by atoms with Crippen LogP contribution in [0.2, 0.25) is 0 Å². The van der Waals surface area contributed by atoms with Gasteiger partial charge in [-0.25, -0.2) is 0 Å². The molecule has 2 nitrogen and oxygen atoms in total. The second-order valence-electron chi connectivity index (χ2n) is 3.19. The highest BCUT2D eigenvalue weighted by molar-refractivity contribution is 5.79. The van der Waals surface area contributed by atoms with Crippen molar-refractivity contribution in [2.75, 3.05) is 0 Å². The van der Waals surface area contributed by atoms with Gasteiger partial charge in [0.05, 0.1) is 5.97 Å². The van der Waals surface area contributed by atoms with Gasteiger partial charge in [-0.3, -0.25) is 0 Å². The first-order valence-electron chi connectivity index (χ1n) is 4.43. The summed E-state index contributed by atoms with van der Waals surface area (Å²) in [4.78, 5) is 11.0. The summed E-state index contributed by atoms with van der Waals surface area (Å²) in [6.07, 6.45) is 14.5. The van der Waals surface area contributed by atoms with Crippen LogP contribution in [-0.4, -0.2) is 5.97 Å². The molecule has 2 rings (SSSR count). The molecule has 0 aliphatic heterocycles. The van der Waals surface area contributed by atoms with Gasteiger partial charge in [-0.1, -0.05) is 48.6 Å². The first kappa shape index (κ1) is 8.75. The molecule has 0 aromatic carbocycles. The number of allylic oxidation sites excluding steroid dienone is 8. The number of fused-ring (bicyclic) bond motifs is 2. The van der Waals surface area contributed by atoms with Crippen molar-refractivity contribution in [2.24, 2.45) is 5.92 Å². The molecule has 0 saturated carbocycles. The monoisotopic (exact) mass is 185 g/mol. The molecule has 0 amide bonds. The Bertz CT molecular complexity index is 374. The van der Waals surface area contributed by atoms with Crippen molar-refractivity contribution in [1.29, 1.82) is 0 Å². The maximum atomic E-state index is 11.0. The number of rotatable bonds is 1. The first-order chi connectivity index (χ1) is 6.79. The second-order valence-corrected chi connectivity index (χ2v) is 3.19. The Labute approximate surface area is 82.2 Å². The van der Waals surface area contributed by atoms with Gasteiger partial charge in [0.2, 0.25) is 0 Å². The van der Waals surface area contributed by atoms with Crippen LogP contribution >= 0.6 is 0 Å². The molecule has 14 heavy (non-hydrogen) atoms. The van der Waals surface area contributed by atoms with Crippen molar-refractivity contribution >= 4 is 5.97 Å². The fourth-order valence-electron chi connectivity index (χ4n) is 1.63. The number of hydrogen-bond acceptors (Lipinski definition) is 2. The van der Waals surface area contributed by atoms with Crippen molar-refractivity contribution in [1.82, 2.24) is 0 Å². The van der Waals surface area contributed by atoms with E-state index in [1.54, 1.807) is 24.3 Å². The van der Waals surface area contributed by atoms with Gasteiger partial charge in [-0.2, -0.15) is 0 Å². The molecule has 0 radical (unpaired) electrons. The lowest BCUT2D eigenvalue weighted by Crippen LogP contribution is -2.32. The molecule has 0 aromatic rings. The van der Waals surface area contributed by atoms with E-state index in [4.69, 9.17) is 0 Å². The standard InChI is InChI=1S/C12H10O2/c13-12(14)11-9-5-1-2-6-10(11)8-4-3-7-9/h1-8,11H,(H,13,14)/p-1. The van der Waals surface area contributed by atoms with E-state index >= 15 is 0 Å². The van der Waals surface area contributed by atoms with Gasteiger partial charge in [0.25, 0.3) is 0 Å². The first-order valence-corrected chi connectivity index (χ1v) is 4.43. The molecule has 0 N–H and O–H groups in total. The van der Waals surface area contributed by atoms with E-state index in [0.29, 0.717) is 0 Å². The topological polar surface area (TPSA) is 40.1 Å². The van der Waals surface area contributed by atoms with E-state index in [-0.39, 0.29) is 0 Å². The van der Waals surface area contributed by atoms with Crippen molar-refractivity contribution in [3.63, 3.8) is 0 Å². The average molecular weight is 185 g/mol. The van der Waals surface area contributed by atoms with Crippen molar-refractivity contribution in [3.8, 4) is 0 Å². The Hall–Kier alpha value is -1.83. The molecule has 0 aromatic heterocycles. The summed E-state index contributed by atoms with van der Waals surface area (Å²) >= 11 is 0. The molecule has 0 unspecified atom stereocenters. The average Bonchev–Trinajstić information content (AvgIpc) is 2.47. The predicted octanol–water partition coefficient (Wildman–Crippen LogP) is 0.901. The fourth-order valence-corrected chi connectivity index (χ4v) is 1.63. The Balaban J connectivity index is 2.55. The molecule has 0 spiro atoms. The summed E-state index contributed by atoms with van der Waals surface area (Å²) in [5, 5.41) is 11.0.